The number of aromatic nitrogens is 1. The van der Waals surface area contributed by atoms with Crippen LogP contribution in [-0.4, -0.2) is 40.8 Å². The molecule has 84 valence electrons. The fourth-order valence-electron chi connectivity index (χ4n) is 1.27. The van der Waals surface area contributed by atoms with Crippen LogP contribution in [0.4, 0.5) is 0 Å². The van der Waals surface area contributed by atoms with Crippen LogP contribution >= 0.6 is 0 Å². The maximum Gasteiger partial charge on any atom is 0.250 e. The molecule has 0 saturated heterocycles. The SMILES string of the molecule is CC(CO)N(C)CCn1ccccc1=O. The summed E-state index contributed by atoms with van der Waals surface area (Å²) in [5.41, 5.74) is 0.0163. The molecular weight excluding hydrogens is 192 g/mol. The minimum atomic E-state index is 0.0163. The number of hydrogen-bond acceptors (Lipinski definition) is 3. The molecule has 4 heteroatoms. The lowest BCUT2D eigenvalue weighted by Crippen LogP contribution is -2.35. The standard InChI is InChI=1S/C11H18N2O2/c1-10(9-14)12(2)7-8-13-6-4-3-5-11(13)15/h3-6,10,14H,7-9H2,1-2H3. The minimum absolute atomic E-state index is 0.0163. The molecule has 0 aliphatic carbocycles. The smallest absolute Gasteiger partial charge is 0.250 e. The average Bonchev–Trinajstić information content (AvgIpc) is 2.26. The summed E-state index contributed by atoms with van der Waals surface area (Å²) in [4.78, 5) is 13.4. The van der Waals surface area contributed by atoms with Gasteiger partial charge in [0.2, 0.25) is 0 Å². The third-order valence-corrected chi connectivity index (χ3v) is 2.61. The number of aliphatic hydroxyl groups excluding tert-OH is 1. The van der Waals surface area contributed by atoms with Gasteiger partial charge in [-0.25, -0.2) is 0 Å². The van der Waals surface area contributed by atoms with E-state index in [4.69, 9.17) is 5.11 Å². The van der Waals surface area contributed by atoms with Crippen LogP contribution in [0.3, 0.4) is 0 Å². The topological polar surface area (TPSA) is 45.5 Å². The molecule has 1 aromatic rings. The number of pyridine rings is 1. The van der Waals surface area contributed by atoms with Crippen molar-refractivity contribution in [1.29, 1.82) is 0 Å². The fourth-order valence-corrected chi connectivity index (χ4v) is 1.27. The van der Waals surface area contributed by atoms with Gasteiger partial charge in [-0.1, -0.05) is 6.07 Å². The van der Waals surface area contributed by atoms with E-state index in [0.717, 1.165) is 6.54 Å². The summed E-state index contributed by atoms with van der Waals surface area (Å²) in [5.74, 6) is 0. The largest absolute Gasteiger partial charge is 0.395 e. The molecule has 1 atom stereocenters. The van der Waals surface area contributed by atoms with Gasteiger partial charge in [0.25, 0.3) is 5.56 Å². The van der Waals surface area contributed by atoms with Crippen molar-refractivity contribution in [2.45, 2.75) is 19.5 Å². The third-order valence-electron chi connectivity index (χ3n) is 2.61. The lowest BCUT2D eigenvalue weighted by molar-refractivity contribution is 0.155. The second kappa shape index (κ2) is 5.68. The number of nitrogens with zero attached hydrogens (tertiary/aromatic N) is 2. The van der Waals surface area contributed by atoms with Crippen molar-refractivity contribution < 1.29 is 5.11 Å². The third kappa shape index (κ3) is 3.49. The first kappa shape index (κ1) is 11.9. The molecule has 1 aromatic heterocycles. The van der Waals surface area contributed by atoms with Crippen molar-refractivity contribution in [1.82, 2.24) is 9.47 Å². The van der Waals surface area contributed by atoms with E-state index >= 15 is 0 Å². The van der Waals surface area contributed by atoms with Crippen molar-refractivity contribution in [2.75, 3.05) is 20.2 Å². The van der Waals surface area contributed by atoms with Gasteiger partial charge >= 0.3 is 0 Å². The molecule has 1 rings (SSSR count). The van der Waals surface area contributed by atoms with Crippen LogP contribution in [0.5, 0.6) is 0 Å². The second-order valence-corrected chi connectivity index (χ2v) is 3.74. The van der Waals surface area contributed by atoms with Crippen LogP contribution < -0.4 is 5.56 Å². The summed E-state index contributed by atoms with van der Waals surface area (Å²) in [6, 6.07) is 5.26. The minimum Gasteiger partial charge on any atom is -0.395 e. The van der Waals surface area contributed by atoms with E-state index in [9.17, 15) is 4.79 Å². The van der Waals surface area contributed by atoms with E-state index in [2.05, 4.69) is 0 Å². The molecule has 4 nitrogen and oxygen atoms in total. The zero-order chi connectivity index (χ0) is 11.3. The molecule has 0 radical (unpaired) electrons. The van der Waals surface area contributed by atoms with Gasteiger partial charge in [0, 0.05) is 31.4 Å². The van der Waals surface area contributed by atoms with Crippen molar-refractivity contribution in [3.8, 4) is 0 Å². The Bertz CT molecular complexity index is 348. The molecule has 0 aliphatic heterocycles. The summed E-state index contributed by atoms with van der Waals surface area (Å²) in [6.45, 7) is 3.50. The Kier molecular flexibility index (Phi) is 4.52. The van der Waals surface area contributed by atoms with E-state index < -0.39 is 0 Å². The van der Waals surface area contributed by atoms with Crippen molar-refractivity contribution in [3.05, 3.63) is 34.7 Å². The van der Waals surface area contributed by atoms with E-state index in [-0.39, 0.29) is 18.2 Å². The molecule has 0 aliphatic rings. The number of rotatable bonds is 5. The Labute approximate surface area is 89.8 Å². The zero-order valence-corrected chi connectivity index (χ0v) is 9.26. The summed E-state index contributed by atoms with van der Waals surface area (Å²) in [6.07, 6.45) is 1.78. The summed E-state index contributed by atoms with van der Waals surface area (Å²) in [7, 11) is 1.94. The molecule has 0 fully saturated rings. The molecule has 15 heavy (non-hydrogen) atoms. The van der Waals surface area contributed by atoms with Crippen LogP contribution in [-0.2, 0) is 6.54 Å². The Morgan fingerprint density at radius 1 is 1.53 bits per heavy atom. The predicted octanol–water partition coefficient (Wildman–Crippen LogP) is 0.161. The van der Waals surface area contributed by atoms with Crippen LogP contribution in [0.2, 0.25) is 0 Å². The van der Waals surface area contributed by atoms with Gasteiger partial charge in [0.05, 0.1) is 6.61 Å². The van der Waals surface area contributed by atoms with Gasteiger partial charge in [-0.2, -0.15) is 0 Å². The normalized spacial score (nSPS) is 13.1. The quantitative estimate of drug-likeness (QED) is 0.753. The molecule has 1 heterocycles. The van der Waals surface area contributed by atoms with Gasteiger partial charge in [0.1, 0.15) is 0 Å². The monoisotopic (exact) mass is 210 g/mol. The Hall–Kier alpha value is -1.13. The fraction of sp³-hybridized carbons (Fsp3) is 0.545. The van der Waals surface area contributed by atoms with E-state index in [1.165, 1.54) is 0 Å². The molecule has 0 spiro atoms. The summed E-state index contributed by atoms with van der Waals surface area (Å²) in [5, 5.41) is 8.95. The number of aliphatic hydroxyl groups is 1. The highest BCUT2D eigenvalue weighted by molar-refractivity contribution is 4.93. The van der Waals surface area contributed by atoms with Crippen LogP contribution in [0, 0.1) is 0 Å². The van der Waals surface area contributed by atoms with Gasteiger partial charge in [-0.3, -0.25) is 9.69 Å². The van der Waals surface area contributed by atoms with Crippen LogP contribution in [0.25, 0.3) is 0 Å². The van der Waals surface area contributed by atoms with Crippen molar-refractivity contribution in [2.24, 2.45) is 0 Å². The first-order chi connectivity index (χ1) is 7.15. The zero-order valence-electron chi connectivity index (χ0n) is 9.26. The highest BCUT2D eigenvalue weighted by Crippen LogP contribution is 1.94. The Morgan fingerprint density at radius 2 is 2.27 bits per heavy atom. The lowest BCUT2D eigenvalue weighted by Gasteiger charge is -2.22. The summed E-state index contributed by atoms with van der Waals surface area (Å²) < 4.78 is 1.67. The average molecular weight is 210 g/mol. The lowest BCUT2D eigenvalue weighted by atomic mass is 10.3. The molecular formula is C11H18N2O2. The molecule has 0 saturated carbocycles. The maximum absolute atomic E-state index is 11.4. The molecule has 0 amide bonds. The van der Waals surface area contributed by atoms with E-state index in [1.54, 1.807) is 22.9 Å². The van der Waals surface area contributed by atoms with Crippen molar-refractivity contribution >= 4 is 0 Å². The first-order valence-electron chi connectivity index (χ1n) is 5.11. The molecule has 1 unspecified atom stereocenters. The van der Waals surface area contributed by atoms with Gasteiger partial charge in [-0.15, -0.1) is 0 Å². The van der Waals surface area contributed by atoms with Gasteiger partial charge in [0.15, 0.2) is 0 Å². The van der Waals surface area contributed by atoms with E-state index in [0.29, 0.717) is 6.54 Å². The molecule has 1 N–H and O–H groups in total. The Balaban J connectivity index is 2.51. The molecule has 0 bridgehead atoms. The highest BCUT2D eigenvalue weighted by Gasteiger charge is 2.06. The maximum atomic E-state index is 11.4. The van der Waals surface area contributed by atoms with Crippen LogP contribution in [0.1, 0.15) is 6.92 Å². The van der Waals surface area contributed by atoms with Gasteiger partial charge < -0.3 is 9.67 Å². The number of likely N-dealkylation sites (N-methyl/N-ethyl adjacent to an activating group) is 1. The Morgan fingerprint density at radius 3 is 2.87 bits per heavy atom. The second-order valence-electron chi connectivity index (χ2n) is 3.74. The summed E-state index contributed by atoms with van der Waals surface area (Å²) >= 11 is 0. The first-order valence-corrected chi connectivity index (χ1v) is 5.11. The van der Waals surface area contributed by atoms with Crippen molar-refractivity contribution in [3.63, 3.8) is 0 Å². The van der Waals surface area contributed by atoms with Gasteiger partial charge in [-0.05, 0) is 20.0 Å². The number of hydrogen-bond donors (Lipinski definition) is 1. The van der Waals surface area contributed by atoms with Crippen LogP contribution in [0.15, 0.2) is 29.2 Å². The molecule has 0 aromatic carbocycles. The predicted molar refractivity (Wildman–Crippen MR) is 59.9 cm³/mol. The highest BCUT2D eigenvalue weighted by atomic mass is 16.3. The van der Waals surface area contributed by atoms with E-state index in [1.807, 2.05) is 24.9 Å².